The van der Waals surface area contributed by atoms with E-state index >= 15 is 0 Å². The van der Waals surface area contributed by atoms with Gasteiger partial charge in [-0.25, -0.2) is 14.3 Å². The minimum Gasteiger partial charge on any atom is -0.466 e. The van der Waals surface area contributed by atoms with Crippen molar-refractivity contribution < 1.29 is 19.1 Å². The van der Waals surface area contributed by atoms with Crippen molar-refractivity contribution in [3.05, 3.63) is 16.8 Å². The number of thiazole rings is 1. The summed E-state index contributed by atoms with van der Waals surface area (Å²) in [7, 11) is 0. The standard InChI is InChI=1S/C15H20N2O4S/c1-6-20-11(18)7-10-8-17(14(19)21-15(3,4)5)13-12(10)22-9(2)16-13/h8H,6-7H2,1-5H3. The fourth-order valence-electron chi connectivity index (χ4n) is 2.01. The maximum absolute atomic E-state index is 12.3. The Morgan fingerprint density at radius 3 is 2.64 bits per heavy atom. The summed E-state index contributed by atoms with van der Waals surface area (Å²) >= 11 is 1.45. The molecule has 0 N–H and O–H groups in total. The maximum Gasteiger partial charge on any atom is 0.420 e. The van der Waals surface area contributed by atoms with Crippen LogP contribution in [0.15, 0.2) is 6.20 Å². The summed E-state index contributed by atoms with van der Waals surface area (Å²) in [6.45, 7) is 9.36. The van der Waals surface area contributed by atoms with Gasteiger partial charge in [-0.1, -0.05) is 0 Å². The lowest BCUT2D eigenvalue weighted by Crippen LogP contribution is -2.26. The van der Waals surface area contributed by atoms with Crippen LogP contribution in [0.4, 0.5) is 4.79 Å². The zero-order valence-electron chi connectivity index (χ0n) is 13.4. The van der Waals surface area contributed by atoms with Gasteiger partial charge in [-0.15, -0.1) is 11.3 Å². The Hall–Kier alpha value is -1.89. The summed E-state index contributed by atoms with van der Waals surface area (Å²) in [5.74, 6) is -0.322. The van der Waals surface area contributed by atoms with Crippen LogP contribution in [0.25, 0.3) is 10.3 Å². The fraction of sp³-hybridized carbons (Fsp3) is 0.533. The maximum atomic E-state index is 12.3. The SMILES string of the molecule is CCOC(=O)Cc1cn(C(=O)OC(C)(C)C)c2nc(C)sc12. The first kappa shape index (κ1) is 16.5. The fourth-order valence-corrected chi connectivity index (χ4v) is 2.93. The molecule has 0 aromatic carbocycles. The lowest BCUT2D eigenvalue weighted by atomic mass is 10.2. The number of rotatable bonds is 3. The first-order valence-corrected chi connectivity index (χ1v) is 7.89. The molecule has 0 spiro atoms. The highest BCUT2D eigenvalue weighted by molar-refractivity contribution is 7.18. The zero-order valence-corrected chi connectivity index (χ0v) is 14.2. The number of fused-ring (bicyclic) bond motifs is 1. The molecule has 0 unspecified atom stereocenters. The van der Waals surface area contributed by atoms with Crippen LogP contribution in [0.1, 0.15) is 38.3 Å². The third-order valence-corrected chi connectivity index (χ3v) is 3.79. The van der Waals surface area contributed by atoms with E-state index in [1.165, 1.54) is 15.9 Å². The Bertz CT molecular complexity index is 709. The molecule has 0 amide bonds. The molecular weight excluding hydrogens is 304 g/mol. The summed E-state index contributed by atoms with van der Waals surface area (Å²) in [6, 6.07) is 0. The van der Waals surface area contributed by atoms with E-state index in [2.05, 4.69) is 4.98 Å². The Labute approximate surface area is 133 Å². The summed E-state index contributed by atoms with van der Waals surface area (Å²) in [5, 5.41) is 0.827. The highest BCUT2D eigenvalue weighted by Crippen LogP contribution is 2.28. The van der Waals surface area contributed by atoms with Crippen molar-refractivity contribution in [2.75, 3.05) is 6.61 Å². The Balaban J connectivity index is 2.39. The van der Waals surface area contributed by atoms with Gasteiger partial charge in [0.1, 0.15) is 5.60 Å². The Morgan fingerprint density at radius 1 is 1.36 bits per heavy atom. The normalized spacial score (nSPS) is 11.7. The molecule has 22 heavy (non-hydrogen) atoms. The van der Waals surface area contributed by atoms with Gasteiger partial charge in [0.05, 0.1) is 22.7 Å². The second kappa shape index (κ2) is 6.08. The molecular formula is C15H20N2O4S. The van der Waals surface area contributed by atoms with Gasteiger partial charge in [0.2, 0.25) is 0 Å². The van der Waals surface area contributed by atoms with Gasteiger partial charge in [-0.2, -0.15) is 0 Å². The minimum atomic E-state index is -0.597. The largest absolute Gasteiger partial charge is 0.466 e. The third kappa shape index (κ3) is 3.65. The van der Waals surface area contributed by atoms with Crippen LogP contribution >= 0.6 is 11.3 Å². The van der Waals surface area contributed by atoms with Gasteiger partial charge in [-0.3, -0.25) is 4.79 Å². The number of carbonyl (C=O) groups excluding carboxylic acids is 2. The van der Waals surface area contributed by atoms with Gasteiger partial charge in [0.15, 0.2) is 5.65 Å². The molecule has 0 saturated carbocycles. The van der Waals surface area contributed by atoms with Crippen molar-refractivity contribution >= 4 is 33.7 Å². The Kier molecular flexibility index (Phi) is 4.55. The van der Waals surface area contributed by atoms with Crippen LogP contribution in [0.5, 0.6) is 0 Å². The molecule has 2 aromatic rings. The average molecular weight is 324 g/mol. The molecule has 2 aromatic heterocycles. The minimum absolute atomic E-state index is 0.113. The molecule has 0 atom stereocenters. The van der Waals surface area contributed by atoms with Crippen molar-refractivity contribution in [3.63, 3.8) is 0 Å². The van der Waals surface area contributed by atoms with E-state index in [0.29, 0.717) is 12.3 Å². The second-order valence-electron chi connectivity index (χ2n) is 5.87. The number of aryl methyl sites for hydroxylation is 1. The van der Waals surface area contributed by atoms with Gasteiger partial charge >= 0.3 is 12.1 Å². The number of nitrogens with zero attached hydrogens (tertiary/aromatic N) is 2. The molecule has 2 rings (SSSR count). The quantitative estimate of drug-likeness (QED) is 0.810. The summed E-state index contributed by atoms with van der Waals surface area (Å²) < 4.78 is 12.5. The van der Waals surface area contributed by atoms with E-state index in [1.54, 1.807) is 33.9 Å². The number of carbonyl (C=O) groups is 2. The molecule has 0 aliphatic heterocycles. The van der Waals surface area contributed by atoms with Crippen molar-refractivity contribution in [1.29, 1.82) is 0 Å². The van der Waals surface area contributed by atoms with Crippen LogP contribution < -0.4 is 0 Å². The smallest absolute Gasteiger partial charge is 0.420 e. The third-order valence-electron chi connectivity index (χ3n) is 2.75. The van der Waals surface area contributed by atoms with Crippen LogP contribution in [0, 0.1) is 6.92 Å². The number of ether oxygens (including phenoxy) is 2. The van der Waals surface area contributed by atoms with Crippen LogP contribution in [0.3, 0.4) is 0 Å². The van der Waals surface area contributed by atoms with Crippen LogP contribution in [-0.4, -0.2) is 33.8 Å². The molecule has 0 aliphatic carbocycles. The van der Waals surface area contributed by atoms with Gasteiger partial charge in [0.25, 0.3) is 0 Å². The second-order valence-corrected chi connectivity index (χ2v) is 7.08. The number of hydrogen-bond acceptors (Lipinski definition) is 6. The number of aromatic nitrogens is 2. The van der Waals surface area contributed by atoms with E-state index in [-0.39, 0.29) is 12.4 Å². The molecule has 0 fully saturated rings. The van der Waals surface area contributed by atoms with E-state index in [0.717, 1.165) is 15.3 Å². The summed E-state index contributed by atoms with van der Waals surface area (Å²) in [5.41, 5.74) is 0.654. The van der Waals surface area contributed by atoms with E-state index < -0.39 is 11.7 Å². The van der Waals surface area contributed by atoms with Crippen molar-refractivity contribution in [2.45, 2.75) is 46.6 Å². The lowest BCUT2D eigenvalue weighted by molar-refractivity contribution is -0.142. The van der Waals surface area contributed by atoms with Gasteiger partial charge < -0.3 is 9.47 Å². The highest BCUT2D eigenvalue weighted by atomic mass is 32.1. The first-order chi connectivity index (χ1) is 10.2. The van der Waals surface area contributed by atoms with Gasteiger partial charge in [-0.05, 0) is 34.6 Å². The summed E-state index contributed by atoms with van der Waals surface area (Å²) in [6.07, 6.45) is 1.22. The molecule has 0 radical (unpaired) electrons. The highest BCUT2D eigenvalue weighted by Gasteiger charge is 2.23. The zero-order chi connectivity index (χ0) is 16.5. The van der Waals surface area contributed by atoms with Crippen molar-refractivity contribution in [1.82, 2.24) is 9.55 Å². The van der Waals surface area contributed by atoms with Crippen molar-refractivity contribution in [2.24, 2.45) is 0 Å². The molecule has 0 aliphatic rings. The molecule has 0 bridgehead atoms. The predicted octanol–water partition coefficient (Wildman–Crippen LogP) is 3.30. The van der Waals surface area contributed by atoms with Crippen LogP contribution in [-0.2, 0) is 20.7 Å². The lowest BCUT2D eigenvalue weighted by Gasteiger charge is -2.19. The average Bonchev–Trinajstić information content (AvgIpc) is 2.86. The number of esters is 1. The summed E-state index contributed by atoms with van der Waals surface area (Å²) in [4.78, 5) is 28.4. The first-order valence-electron chi connectivity index (χ1n) is 7.07. The molecule has 120 valence electrons. The molecule has 7 heteroatoms. The van der Waals surface area contributed by atoms with E-state index in [1.807, 2.05) is 6.92 Å². The molecule has 2 heterocycles. The topological polar surface area (TPSA) is 70.4 Å². The monoisotopic (exact) mass is 324 g/mol. The predicted molar refractivity (Wildman–Crippen MR) is 84.3 cm³/mol. The van der Waals surface area contributed by atoms with E-state index in [9.17, 15) is 9.59 Å². The Morgan fingerprint density at radius 2 is 2.05 bits per heavy atom. The molecule has 6 nitrogen and oxygen atoms in total. The van der Waals surface area contributed by atoms with Crippen molar-refractivity contribution in [3.8, 4) is 0 Å². The number of hydrogen-bond donors (Lipinski definition) is 0. The van der Waals surface area contributed by atoms with E-state index in [4.69, 9.17) is 9.47 Å². The van der Waals surface area contributed by atoms with Crippen LogP contribution in [0.2, 0.25) is 0 Å². The van der Waals surface area contributed by atoms with Gasteiger partial charge in [0, 0.05) is 11.8 Å². The molecule has 0 saturated heterocycles.